The van der Waals surface area contributed by atoms with Gasteiger partial charge < -0.3 is 25.0 Å². The van der Waals surface area contributed by atoms with Crippen LogP contribution in [0, 0.1) is 11.3 Å². The molecule has 0 unspecified atom stereocenters. The van der Waals surface area contributed by atoms with E-state index in [1.54, 1.807) is 19.1 Å². The van der Waals surface area contributed by atoms with Crippen molar-refractivity contribution in [3.8, 4) is 5.75 Å². The topological polar surface area (TPSA) is 97.0 Å². The average molecular weight is 488 g/mol. The lowest BCUT2D eigenvalue weighted by atomic mass is 9.73. The van der Waals surface area contributed by atoms with Gasteiger partial charge in [-0.05, 0) is 69.7 Å². The minimum Gasteiger partial charge on any atom is -0.493 e. The van der Waals surface area contributed by atoms with Crippen molar-refractivity contribution in [2.45, 2.75) is 71.9 Å². The third-order valence-electron chi connectivity index (χ3n) is 6.87. The van der Waals surface area contributed by atoms with Crippen molar-refractivity contribution in [2.24, 2.45) is 11.3 Å². The molecule has 2 N–H and O–H groups in total. The maximum atomic E-state index is 13.4. The standard InChI is InChI=1S/C27H41N3O5/c1-19(2)17-35-23-9-7-22(8-10-23)25(32)30-14-12-27(13-15-30)11-5-6-16-34-18-20(3)28-24(31)21(4)29-26(27)33/h7-10,19-21H,5-6,11-18H2,1-4H3,(H,28,31)(H,29,33)/t20-,21-/m0/s1. The molecule has 8 nitrogen and oxygen atoms in total. The average Bonchev–Trinajstić information content (AvgIpc) is 2.85. The van der Waals surface area contributed by atoms with Crippen molar-refractivity contribution in [3.05, 3.63) is 29.8 Å². The van der Waals surface area contributed by atoms with E-state index in [0.29, 0.717) is 57.2 Å². The van der Waals surface area contributed by atoms with Gasteiger partial charge in [-0.2, -0.15) is 0 Å². The van der Waals surface area contributed by atoms with Crippen LogP contribution in [-0.4, -0.2) is 67.6 Å². The molecule has 3 amide bonds. The van der Waals surface area contributed by atoms with Gasteiger partial charge in [0.25, 0.3) is 5.91 Å². The second-order valence-electron chi connectivity index (χ2n) is 10.4. The molecule has 0 aromatic heterocycles. The maximum Gasteiger partial charge on any atom is 0.253 e. The lowest BCUT2D eigenvalue weighted by molar-refractivity contribution is -0.137. The largest absolute Gasteiger partial charge is 0.493 e. The number of hydrogen-bond donors (Lipinski definition) is 2. The van der Waals surface area contributed by atoms with Crippen molar-refractivity contribution < 1.29 is 23.9 Å². The summed E-state index contributed by atoms with van der Waals surface area (Å²) in [5.41, 5.74) is 0.0355. The molecule has 2 heterocycles. The molecule has 194 valence electrons. The molecule has 2 atom stereocenters. The molecule has 0 bridgehead atoms. The molecular weight excluding hydrogens is 446 g/mol. The molecule has 2 aliphatic rings. The first-order valence-corrected chi connectivity index (χ1v) is 12.9. The summed E-state index contributed by atoms with van der Waals surface area (Å²) in [6, 6.07) is 6.53. The third kappa shape index (κ3) is 7.43. The highest BCUT2D eigenvalue weighted by molar-refractivity contribution is 5.95. The molecule has 2 fully saturated rings. The van der Waals surface area contributed by atoms with Crippen molar-refractivity contribution >= 4 is 17.7 Å². The van der Waals surface area contributed by atoms with Crippen LogP contribution in [0.5, 0.6) is 5.75 Å². The van der Waals surface area contributed by atoms with Gasteiger partial charge in [0.15, 0.2) is 0 Å². The van der Waals surface area contributed by atoms with E-state index in [1.807, 2.05) is 24.0 Å². The van der Waals surface area contributed by atoms with Crippen LogP contribution in [0.15, 0.2) is 24.3 Å². The normalized spacial score (nSPS) is 24.1. The van der Waals surface area contributed by atoms with Gasteiger partial charge in [-0.3, -0.25) is 14.4 Å². The summed E-state index contributed by atoms with van der Waals surface area (Å²) in [4.78, 5) is 40.8. The van der Waals surface area contributed by atoms with Gasteiger partial charge in [-0.1, -0.05) is 20.3 Å². The molecule has 1 aromatic carbocycles. The Morgan fingerprint density at radius 2 is 1.77 bits per heavy atom. The van der Waals surface area contributed by atoms with Crippen molar-refractivity contribution in [2.75, 3.05) is 32.9 Å². The number of carbonyl (C=O) groups is 3. The molecule has 0 saturated carbocycles. The zero-order chi connectivity index (χ0) is 25.4. The Hall–Kier alpha value is -2.61. The van der Waals surface area contributed by atoms with E-state index in [-0.39, 0.29) is 23.8 Å². The Morgan fingerprint density at radius 1 is 1.09 bits per heavy atom. The lowest BCUT2D eigenvalue weighted by Crippen LogP contribution is -2.55. The number of nitrogens with one attached hydrogen (secondary N) is 2. The molecule has 35 heavy (non-hydrogen) atoms. The number of rotatable bonds is 4. The lowest BCUT2D eigenvalue weighted by Gasteiger charge is -2.41. The van der Waals surface area contributed by atoms with Gasteiger partial charge in [0.05, 0.1) is 18.6 Å². The fraction of sp³-hybridized carbons (Fsp3) is 0.667. The van der Waals surface area contributed by atoms with Crippen LogP contribution in [0.25, 0.3) is 0 Å². The molecule has 0 radical (unpaired) electrons. The predicted octanol–water partition coefficient (Wildman–Crippen LogP) is 3.15. The van der Waals surface area contributed by atoms with Crippen LogP contribution < -0.4 is 15.4 Å². The van der Waals surface area contributed by atoms with Crippen LogP contribution in [0.2, 0.25) is 0 Å². The summed E-state index contributed by atoms with van der Waals surface area (Å²) in [5.74, 6) is 0.854. The van der Waals surface area contributed by atoms with Crippen LogP contribution in [0.3, 0.4) is 0 Å². The monoisotopic (exact) mass is 487 g/mol. The minimum absolute atomic E-state index is 0.0320. The van der Waals surface area contributed by atoms with E-state index in [2.05, 4.69) is 24.5 Å². The first kappa shape index (κ1) is 27.0. The molecule has 1 spiro atoms. The second-order valence-corrected chi connectivity index (χ2v) is 10.4. The van der Waals surface area contributed by atoms with Gasteiger partial charge in [0, 0.05) is 31.3 Å². The Morgan fingerprint density at radius 3 is 2.43 bits per heavy atom. The van der Waals surface area contributed by atoms with E-state index >= 15 is 0 Å². The van der Waals surface area contributed by atoms with Gasteiger partial charge in [0.2, 0.25) is 11.8 Å². The summed E-state index contributed by atoms with van der Waals surface area (Å²) < 4.78 is 11.4. The highest BCUT2D eigenvalue weighted by atomic mass is 16.5. The number of amides is 3. The van der Waals surface area contributed by atoms with E-state index in [9.17, 15) is 14.4 Å². The fourth-order valence-electron chi connectivity index (χ4n) is 4.62. The summed E-state index contributed by atoms with van der Waals surface area (Å²) >= 11 is 0. The smallest absolute Gasteiger partial charge is 0.253 e. The zero-order valence-corrected chi connectivity index (χ0v) is 21.6. The maximum absolute atomic E-state index is 13.4. The van der Waals surface area contributed by atoms with Gasteiger partial charge >= 0.3 is 0 Å². The Bertz CT molecular complexity index is 862. The quantitative estimate of drug-likeness (QED) is 0.680. The first-order chi connectivity index (χ1) is 16.7. The fourth-order valence-corrected chi connectivity index (χ4v) is 4.62. The van der Waals surface area contributed by atoms with E-state index in [1.165, 1.54) is 0 Å². The van der Waals surface area contributed by atoms with Crippen molar-refractivity contribution in [1.82, 2.24) is 15.5 Å². The van der Waals surface area contributed by atoms with Gasteiger partial charge in [-0.15, -0.1) is 0 Å². The molecule has 2 aliphatic heterocycles. The van der Waals surface area contributed by atoms with Crippen molar-refractivity contribution in [1.29, 1.82) is 0 Å². The molecule has 3 rings (SSSR count). The van der Waals surface area contributed by atoms with Gasteiger partial charge in [0.1, 0.15) is 11.8 Å². The Labute approximate surface area is 209 Å². The molecule has 8 heteroatoms. The number of nitrogens with zero attached hydrogens (tertiary/aromatic N) is 1. The molecule has 1 aromatic rings. The van der Waals surface area contributed by atoms with Crippen LogP contribution in [-0.2, 0) is 14.3 Å². The number of piperidine rings is 1. The predicted molar refractivity (Wildman–Crippen MR) is 134 cm³/mol. The molecular formula is C27H41N3O5. The van der Waals surface area contributed by atoms with E-state index in [4.69, 9.17) is 9.47 Å². The van der Waals surface area contributed by atoms with Crippen LogP contribution in [0.4, 0.5) is 0 Å². The molecule has 2 saturated heterocycles. The highest BCUT2D eigenvalue weighted by Gasteiger charge is 2.42. The van der Waals surface area contributed by atoms with E-state index < -0.39 is 11.5 Å². The summed E-state index contributed by atoms with van der Waals surface area (Å²) in [6.07, 6.45) is 3.59. The highest BCUT2D eigenvalue weighted by Crippen LogP contribution is 2.37. The van der Waals surface area contributed by atoms with E-state index in [0.717, 1.165) is 25.0 Å². The molecule has 0 aliphatic carbocycles. The van der Waals surface area contributed by atoms with Crippen LogP contribution >= 0.6 is 0 Å². The summed E-state index contributed by atoms with van der Waals surface area (Å²) in [7, 11) is 0. The number of benzene rings is 1. The number of hydrogen-bond acceptors (Lipinski definition) is 5. The zero-order valence-electron chi connectivity index (χ0n) is 21.6. The number of ether oxygens (including phenoxy) is 2. The first-order valence-electron chi connectivity index (χ1n) is 12.9. The summed E-state index contributed by atoms with van der Waals surface area (Å²) in [6.45, 7) is 10.5. The second kappa shape index (κ2) is 12.4. The number of carbonyl (C=O) groups excluding carboxylic acids is 3. The SMILES string of the molecule is CC(C)COc1ccc(C(=O)N2CCC3(CCCCOC[C@H](C)NC(=O)[C@H](C)NC3=O)CC2)cc1. The van der Waals surface area contributed by atoms with Gasteiger partial charge in [-0.25, -0.2) is 0 Å². The number of likely N-dealkylation sites (tertiary alicyclic amines) is 1. The third-order valence-corrected chi connectivity index (χ3v) is 6.87. The van der Waals surface area contributed by atoms with Crippen molar-refractivity contribution in [3.63, 3.8) is 0 Å². The Kier molecular flexibility index (Phi) is 9.55. The summed E-state index contributed by atoms with van der Waals surface area (Å²) in [5, 5.41) is 5.84. The van der Waals surface area contributed by atoms with Crippen LogP contribution in [0.1, 0.15) is 70.2 Å². The Balaban J connectivity index is 1.64. The minimum atomic E-state index is -0.626.